The minimum atomic E-state index is -4.34. The fraction of sp³-hybridized carbons (Fsp3) is 0.350. The standard InChI is InChI=1S/C20H21F3N2O2/c1-25(12-14-6-8-15(9-7-14)20(21,22)23)13-19(26)24-17-10-11-27-18-5-3-2-4-16(17)18/h2-9,17H,10-13H2,1H3,(H,24,26). The highest BCUT2D eigenvalue weighted by Gasteiger charge is 2.30. The average molecular weight is 378 g/mol. The molecule has 1 heterocycles. The maximum absolute atomic E-state index is 12.6. The highest BCUT2D eigenvalue weighted by Crippen LogP contribution is 2.31. The van der Waals surface area contributed by atoms with Crippen LogP contribution in [0.4, 0.5) is 13.2 Å². The first-order chi connectivity index (χ1) is 12.8. The molecule has 1 aliphatic rings. The second-order valence-electron chi connectivity index (χ2n) is 6.66. The Hall–Kier alpha value is -2.54. The highest BCUT2D eigenvalue weighted by molar-refractivity contribution is 5.78. The van der Waals surface area contributed by atoms with Gasteiger partial charge in [0.25, 0.3) is 0 Å². The van der Waals surface area contributed by atoms with Gasteiger partial charge in [0.15, 0.2) is 0 Å². The van der Waals surface area contributed by atoms with Crippen LogP contribution >= 0.6 is 0 Å². The van der Waals surface area contributed by atoms with Gasteiger partial charge in [-0.05, 0) is 30.8 Å². The molecule has 0 aromatic heterocycles. The van der Waals surface area contributed by atoms with Gasteiger partial charge in [-0.25, -0.2) is 0 Å². The number of hydrogen-bond acceptors (Lipinski definition) is 3. The van der Waals surface area contributed by atoms with E-state index in [1.807, 2.05) is 24.3 Å². The second kappa shape index (κ2) is 8.00. The number of carbonyl (C=O) groups is 1. The quantitative estimate of drug-likeness (QED) is 0.861. The Bertz CT molecular complexity index is 791. The predicted molar refractivity (Wildman–Crippen MR) is 95.2 cm³/mol. The van der Waals surface area contributed by atoms with E-state index < -0.39 is 11.7 Å². The zero-order valence-electron chi connectivity index (χ0n) is 14.9. The Kier molecular flexibility index (Phi) is 5.70. The fourth-order valence-corrected chi connectivity index (χ4v) is 3.14. The topological polar surface area (TPSA) is 41.6 Å². The van der Waals surface area contributed by atoms with E-state index in [4.69, 9.17) is 4.74 Å². The number of nitrogens with one attached hydrogen (secondary N) is 1. The number of hydrogen-bond donors (Lipinski definition) is 1. The van der Waals surface area contributed by atoms with Crippen LogP contribution in [0.1, 0.15) is 29.2 Å². The maximum atomic E-state index is 12.6. The van der Waals surface area contributed by atoms with Gasteiger partial charge in [-0.15, -0.1) is 0 Å². The summed E-state index contributed by atoms with van der Waals surface area (Å²) in [6.07, 6.45) is -3.64. The smallest absolute Gasteiger partial charge is 0.416 e. The van der Waals surface area contributed by atoms with Crippen molar-refractivity contribution in [1.29, 1.82) is 0 Å². The summed E-state index contributed by atoms with van der Waals surface area (Å²) in [5, 5.41) is 3.01. The lowest BCUT2D eigenvalue weighted by atomic mass is 10.0. The van der Waals surface area contributed by atoms with Gasteiger partial charge in [-0.1, -0.05) is 30.3 Å². The van der Waals surface area contributed by atoms with Gasteiger partial charge in [0.05, 0.1) is 24.8 Å². The Morgan fingerprint density at radius 2 is 1.89 bits per heavy atom. The molecule has 0 saturated heterocycles. The number of ether oxygens (including phenoxy) is 1. The SMILES string of the molecule is CN(CC(=O)NC1CCOc2ccccc21)Cc1ccc(C(F)(F)F)cc1. The summed E-state index contributed by atoms with van der Waals surface area (Å²) in [4.78, 5) is 14.1. The van der Waals surface area contributed by atoms with E-state index in [1.165, 1.54) is 12.1 Å². The first-order valence-corrected chi connectivity index (χ1v) is 8.68. The van der Waals surface area contributed by atoms with Crippen molar-refractivity contribution in [1.82, 2.24) is 10.2 Å². The van der Waals surface area contributed by atoms with E-state index in [1.54, 1.807) is 11.9 Å². The molecule has 0 saturated carbocycles. The normalized spacial score (nSPS) is 16.6. The number of fused-ring (bicyclic) bond motifs is 1. The van der Waals surface area contributed by atoms with Crippen molar-refractivity contribution in [3.8, 4) is 5.75 Å². The van der Waals surface area contributed by atoms with Crippen molar-refractivity contribution in [3.05, 3.63) is 65.2 Å². The number of amides is 1. The monoisotopic (exact) mass is 378 g/mol. The van der Waals surface area contributed by atoms with Crippen LogP contribution in [0.25, 0.3) is 0 Å². The fourth-order valence-electron chi connectivity index (χ4n) is 3.14. The van der Waals surface area contributed by atoms with Crippen molar-refractivity contribution in [3.63, 3.8) is 0 Å². The largest absolute Gasteiger partial charge is 0.493 e. The minimum Gasteiger partial charge on any atom is -0.493 e. The number of carbonyl (C=O) groups excluding carboxylic acids is 1. The van der Waals surface area contributed by atoms with Crippen LogP contribution in [0.3, 0.4) is 0 Å². The van der Waals surface area contributed by atoms with Gasteiger partial charge in [0.1, 0.15) is 5.75 Å². The lowest BCUT2D eigenvalue weighted by Crippen LogP contribution is -2.38. The molecule has 0 fully saturated rings. The number of para-hydroxylation sites is 1. The van der Waals surface area contributed by atoms with Gasteiger partial charge in [-0.3, -0.25) is 9.69 Å². The van der Waals surface area contributed by atoms with E-state index >= 15 is 0 Å². The van der Waals surface area contributed by atoms with E-state index in [0.717, 1.165) is 29.0 Å². The van der Waals surface area contributed by atoms with Crippen LogP contribution in [0.5, 0.6) is 5.75 Å². The summed E-state index contributed by atoms with van der Waals surface area (Å²) in [6, 6.07) is 12.5. The van der Waals surface area contributed by atoms with Gasteiger partial charge >= 0.3 is 6.18 Å². The van der Waals surface area contributed by atoms with Crippen molar-refractivity contribution < 1.29 is 22.7 Å². The summed E-state index contributed by atoms with van der Waals surface area (Å²) < 4.78 is 43.4. The Morgan fingerprint density at radius 1 is 1.19 bits per heavy atom. The molecule has 144 valence electrons. The van der Waals surface area contributed by atoms with Crippen molar-refractivity contribution >= 4 is 5.91 Å². The van der Waals surface area contributed by atoms with E-state index in [0.29, 0.717) is 19.6 Å². The van der Waals surface area contributed by atoms with Crippen LogP contribution in [-0.2, 0) is 17.5 Å². The molecule has 3 rings (SSSR count). The molecular formula is C20H21F3N2O2. The molecule has 0 bridgehead atoms. The van der Waals surface area contributed by atoms with Crippen LogP contribution in [-0.4, -0.2) is 31.0 Å². The van der Waals surface area contributed by atoms with Gasteiger partial charge in [0, 0.05) is 18.5 Å². The molecule has 1 unspecified atom stereocenters. The number of benzene rings is 2. The molecule has 2 aromatic rings. The zero-order chi connectivity index (χ0) is 19.4. The first-order valence-electron chi connectivity index (χ1n) is 8.68. The Labute approximate surface area is 155 Å². The number of rotatable bonds is 5. The van der Waals surface area contributed by atoms with Crippen molar-refractivity contribution in [2.45, 2.75) is 25.2 Å². The van der Waals surface area contributed by atoms with Gasteiger partial charge in [0.2, 0.25) is 5.91 Å². The second-order valence-corrected chi connectivity index (χ2v) is 6.66. The number of halogens is 3. The Morgan fingerprint density at radius 3 is 2.59 bits per heavy atom. The van der Waals surface area contributed by atoms with Crippen LogP contribution in [0, 0.1) is 0 Å². The number of likely N-dealkylation sites (N-methyl/N-ethyl adjacent to an activating group) is 1. The molecule has 0 aliphatic carbocycles. The van der Waals surface area contributed by atoms with Crippen molar-refractivity contribution in [2.75, 3.05) is 20.2 Å². The first kappa shape index (κ1) is 19.2. The molecule has 0 spiro atoms. The number of nitrogens with zero attached hydrogens (tertiary/aromatic N) is 1. The van der Waals surface area contributed by atoms with Gasteiger partial charge in [-0.2, -0.15) is 13.2 Å². The average Bonchev–Trinajstić information content (AvgIpc) is 2.61. The van der Waals surface area contributed by atoms with E-state index in [2.05, 4.69) is 5.32 Å². The number of alkyl halides is 3. The molecule has 1 atom stereocenters. The maximum Gasteiger partial charge on any atom is 0.416 e. The molecule has 4 nitrogen and oxygen atoms in total. The van der Waals surface area contributed by atoms with E-state index in [-0.39, 0.29) is 18.5 Å². The lowest BCUT2D eigenvalue weighted by Gasteiger charge is -2.27. The van der Waals surface area contributed by atoms with Crippen molar-refractivity contribution in [2.24, 2.45) is 0 Å². The third kappa shape index (κ3) is 5.01. The summed E-state index contributed by atoms with van der Waals surface area (Å²) in [5.41, 5.74) is 1.00. The molecule has 1 N–H and O–H groups in total. The summed E-state index contributed by atoms with van der Waals surface area (Å²) in [6.45, 7) is 1.08. The third-order valence-electron chi connectivity index (χ3n) is 4.44. The molecular weight excluding hydrogens is 357 g/mol. The molecule has 2 aromatic carbocycles. The van der Waals surface area contributed by atoms with Gasteiger partial charge < -0.3 is 10.1 Å². The third-order valence-corrected chi connectivity index (χ3v) is 4.44. The summed E-state index contributed by atoms with van der Waals surface area (Å²) in [5.74, 6) is 0.651. The van der Waals surface area contributed by atoms with Crippen LogP contribution in [0.2, 0.25) is 0 Å². The highest BCUT2D eigenvalue weighted by atomic mass is 19.4. The predicted octanol–water partition coefficient (Wildman–Crippen LogP) is 3.78. The van der Waals surface area contributed by atoms with E-state index in [9.17, 15) is 18.0 Å². The molecule has 27 heavy (non-hydrogen) atoms. The minimum absolute atomic E-state index is 0.0954. The summed E-state index contributed by atoms with van der Waals surface area (Å²) >= 11 is 0. The molecule has 7 heteroatoms. The zero-order valence-corrected chi connectivity index (χ0v) is 14.9. The lowest BCUT2D eigenvalue weighted by molar-refractivity contribution is -0.137. The molecule has 0 radical (unpaired) electrons. The van der Waals surface area contributed by atoms with Crippen LogP contribution in [0.15, 0.2) is 48.5 Å². The van der Waals surface area contributed by atoms with Crippen LogP contribution < -0.4 is 10.1 Å². The molecule has 1 amide bonds. The Balaban J connectivity index is 1.54. The molecule has 1 aliphatic heterocycles. The summed E-state index contributed by atoms with van der Waals surface area (Å²) in [7, 11) is 1.76.